The number of halogens is 2. The van der Waals surface area contributed by atoms with Crippen molar-refractivity contribution in [3.05, 3.63) is 33.8 Å². The second kappa shape index (κ2) is 5.31. The van der Waals surface area contributed by atoms with E-state index >= 15 is 0 Å². The fourth-order valence-electron chi connectivity index (χ4n) is 1.56. The van der Waals surface area contributed by atoms with Crippen LogP contribution in [-0.4, -0.2) is 20.0 Å². The van der Waals surface area contributed by atoms with E-state index in [0.717, 1.165) is 22.0 Å². The summed E-state index contributed by atoms with van der Waals surface area (Å²) in [7, 11) is 0. The molecular weight excluding hydrogens is 383 g/mol. The second-order valence-corrected chi connectivity index (χ2v) is 4.97. The molecule has 2 aromatic rings. The number of alkyl halides is 1. The maximum atomic E-state index is 4.31. The van der Waals surface area contributed by atoms with Crippen LogP contribution in [0.3, 0.4) is 0 Å². The number of nitrogens with one attached hydrogen (secondary N) is 1. The van der Waals surface area contributed by atoms with Crippen molar-refractivity contribution < 1.29 is 0 Å². The van der Waals surface area contributed by atoms with E-state index in [-0.39, 0.29) is 0 Å². The van der Waals surface area contributed by atoms with Gasteiger partial charge in [-0.15, -0.1) is 0 Å². The molecule has 1 N–H and O–H groups in total. The normalized spacial score (nSPS) is 10.9. The zero-order valence-electron chi connectivity index (χ0n) is 8.87. The molecule has 0 amide bonds. The van der Waals surface area contributed by atoms with E-state index in [2.05, 4.69) is 60.7 Å². The monoisotopic (exact) mass is 394 g/mol. The Kier molecular flexibility index (Phi) is 4.01. The first-order valence-corrected chi connectivity index (χ1v) is 7.35. The summed E-state index contributed by atoms with van der Waals surface area (Å²) < 4.78 is 3.96. The third-order valence-corrected chi connectivity index (χ3v) is 4.15. The number of aromatic nitrogens is 4. The maximum absolute atomic E-state index is 4.31. The van der Waals surface area contributed by atoms with Crippen molar-refractivity contribution in [2.24, 2.45) is 0 Å². The largest absolute Gasteiger partial charge is 0.281 e. The van der Waals surface area contributed by atoms with E-state index in [9.17, 15) is 0 Å². The first-order valence-electron chi connectivity index (χ1n) is 5.03. The van der Waals surface area contributed by atoms with Crippen LogP contribution in [0.1, 0.15) is 23.7 Å². The quantitative estimate of drug-likeness (QED) is 0.640. The molecule has 86 valence electrons. The number of hydrogen-bond acceptors (Lipinski definition) is 2. The van der Waals surface area contributed by atoms with Crippen molar-refractivity contribution in [2.75, 3.05) is 0 Å². The standard InChI is InChI=1S/C10H12BrIN4/c1-2-16-10(11)8(6-14-16)3-7-5-13-15-9(7)4-12/h5-6H,2-4H2,1H3,(H,13,15). The Morgan fingerprint density at radius 3 is 2.88 bits per heavy atom. The Morgan fingerprint density at radius 2 is 2.25 bits per heavy atom. The van der Waals surface area contributed by atoms with Gasteiger partial charge in [0.2, 0.25) is 0 Å². The average Bonchev–Trinajstić information content (AvgIpc) is 2.87. The van der Waals surface area contributed by atoms with E-state index in [1.54, 1.807) is 0 Å². The highest BCUT2D eigenvalue weighted by Crippen LogP contribution is 2.21. The predicted octanol–water partition coefficient (Wildman–Crippen LogP) is 2.91. The molecule has 0 saturated carbocycles. The zero-order valence-corrected chi connectivity index (χ0v) is 12.6. The van der Waals surface area contributed by atoms with Gasteiger partial charge >= 0.3 is 0 Å². The van der Waals surface area contributed by atoms with Crippen molar-refractivity contribution in [1.29, 1.82) is 0 Å². The van der Waals surface area contributed by atoms with Crippen LogP contribution in [0.25, 0.3) is 0 Å². The Hall–Kier alpha value is -0.370. The molecule has 2 aromatic heterocycles. The number of aryl methyl sites for hydroxylation is 1. The summed E-state index contributed by atoms with van der Waals surface area (Å²) in [5.74, 6) is 0. The average molecular weight is 395 g/mol. The van der Waals surface area contributed by atoms with Crippen LogP contribution in [0.15, 0.2) is 17.0 Å². The molecule has 0 aliphatic carbocycles. The lowest BCUT2D eigenvalue weighted by Crippen LogP contribution is -1.97. The molecule has 0 radical (unpaired) electrons. The van der Waals surface area contributed by atoms with E-state index in [4.69, 9.17) is 0 Å². The van der Waals surface area contributed by atoms with Crippen LogP contribution >= 0.6 is 38.5 Å². The number of H-pyrrole nitrogens is 1. The third kappa shape index (κ3) is 2.32. The summed E-state index contributed by atoms with van der Waals surface area (Å²) in [6.45, 7) is 2.96. The smallest absolute Gasteiger partial charge is 0.107 e. The lowest BCUT2D eigenvalue weighted by molar-refractivity contribution is 0.644. The molecule has 2 rings (SSSR count). The summed E-state index contributed by atoms with van der Waals surface area (Å²) in [6.07, 6.45) is 4.68. The molecule has 0 fully saturated rings. The molecule has 4 nitrogen and oxygen atoms in total. The van der Waals surface area contributed by atoms with Crippen molar-refractivity contribution in [1.82, 2.24) is 20.0 Å². The topological polar surface area (TPSA) is 46.5 Å². The molecule has 0 unspecified atom stereocenters. The van der Waals surface area contributed by atoms with Crippen molar-refractivity contribution in [2.45, 2.75) is 24.3 Å². The lowest BCUT2D eigenvalue weighted by Gasteiger charge is -2.00. The van der Waals surface area contributed by atoms with Gasteiger partial charge in [-0.25, -0.2) is 0 Å². The highest BCUT2D eigenvalue weighted by molar-refractivity contribution is 14.1. The van der Waals surface area contributed by atoms with Crippen LogP contribution in [0.2, 0.25) is 0 Å². The van der Waals surface area contributed by atoms with E-state index in [1.165, 1.54) is 16.8 Å². The van der Waals surface area contributed by atoms with Crippen LogP contribution in [0.4, 0.5) is 0 Å². The summed E-state index contributed by atoms with van der Waals surface area (Å²) in [4.78, 5) is 0. The number of nitrogens with zero attached hydrogens (tertiary/aromatic N) is 3. The van der Waals surface area contributed by atoms with Crippen LogP contribution in [-0.2, 0) is 17.4 Å². The minimum absolute atomic E-state index is 0.870. The SMILES string of the molecule is CCn1ncc(Cc2cn[nH]c2CI)c1Br. The Bertz CT molecular complexity index is 477. The maximum Gasteiger partial charge on any atom is 0.107 e. The minimum atomic E-state index is 0.870. The molecule has 0 aromatic carbocycles. The summed E-state index contributed by atoms with van der Waals surface area (Å²) >= 11 is 5.91. The molecular formula is C10H12BrIN4. The van der Waals surface area contributed by atoms with E-state index < -0.39 is 0 Å². The van der Waals surface area contributed by atoms with Gasteiger partial charge in [0.1, 0.15) is 4.60 Å². The van der Waals surface area contributed by atoms with Gasteiger partial charge in [0.15, 0.2) is 0 Å². The van der Waals surface area contributed by atoms with Crippen LogP contribution in [0, 0.1) is 0 Å². The van der Waals surface area contributed by atoms with Crippen molar-refractivity contribution >= 4 is 38.5 Å². The van der Waals surface area contributed by atoms with Crippen LogP contribution < -0.4 is 0 Å². The molecule has 2 heterocycles. The lowest BCUT2D eigenvalue weighted by atomic mass is 10.1. The molecule has 16 heavy (non-hydrogen) atoms. The first-order chi connectivity index (χ1) is 7.76. The highest BCUT2D eigenvalue weighted by Gasteiger charge is 2.10. The van der Waals surface area contributed by atoms with Gasteiger partial charge in [0, 0.05) is 28.7 Å². The van der Waals surface area contributed by atoms with Gasteiger partial charge in [0.05, 0.1) is 12.4 Å². The zero-order chi connectivity index (χ0) is 11.5. The van der Waals surface area contributed by atoms with Gasteiger partial charge in [-0.1, -0.05) is 22.6 Å². The summed E-state index contributed by atoms with van der Waals surface area (Å²) in [5.41, 5.74) is 3.64. The van der Waals surface area contributed by atoms with E-state index in [1.807, 2.05) is 17.1 Å². The molecule has 0 aliphatic heterocycles. The fraction of sp³-hybridized carbons (Fsp3) is 0.400. The highest BCUT2D eigenvalue weighted by atomic mass is 127. The second-order valence-electron chi connectivity index (χ2n) is 3.46. The molecule has 0 atom stereocenters. The van der Waals surface area contributed by atoms with Gasteiger partial charge in [-0.3, -0.25) is 9.78 Å². The fourth-order valence-corrected chi connectivity index (χ4v) is 2.80. The third-order valence-electron chi connectivity index (χ3n) is 2.47. The summed E-state index contributed by atoms with van der Waals surface area (Å²) in [5, 5.41) is 11.4. The van der Waals surface area contributed by atoms with Crippen LogP contribution in [0.5, 0.6) is 0 Å². The van der Waals surface area contributed by atoms with Gasteiger partial charge in [-0.05, 0) is 28.4 Å². The first kappa shape index (κ1) is 12.1. The van der Waals surface area contributed by atoms with Gasteiger partial charge in [0.25, 0.3) is 0 Å². The Labute approximate surface area is 116 Å². The molecule has 0 aliphatic rings. The molecule has 0 spiro atoms. The molecule has 6 heteroatoms. The molecule has 0 saturated heterocycles. The number of rotatable bonds is 4. The van der Waals surface area contributed by atoms with Gasteiger partial charge < -0.3 is 0 Å². The van der Waals surface area contributed by atoms with Crippen molar-refractivity contribution in [3.8, 4) is 0 Å². The van der Waals surface area contributed by atoms with Crippen molar-refractivity contribution in [3.63, 3.8) is 0 Å². The minimum Gasteiger partial charge on any atom is -0.281 e. The number of aromatic amines is 1. The summed E-state index contributed by atoms with van der Waals surface area (Å²) in [6, 6.07) is 0. The Morgan fingerprint density at radius 1 is 1.44 bits per heavy atom. The molecule has 0 bridgehead atoms. The van der Waals surface area contributed by atoms with Gasteiger partial charge in [-0.2, -0.15) is 10.2 Å². The predicted molar refractivity (Wildman–Crippen MR) is 74.7 cm³/mol. The Balaban J connectivity index is 2.23. The number of hydrogen-bond donors (Lipinski definition) is 1. The van der Waals surface area contributed by atoms with E-state index in [0.29, 0.717) is 0 Å².